The highest BCUT2D eigenvalue weighted by molar-refractivity contribution is 5.88. The van der Waals surface area contributed by atoms with Gasteiger partial charge in [-0.1, -0.05) is 0 Å². The van der Waals surface area contributed by atoms with Gasteiger partial charge in [-0.15, -0.1) is 0 Å². The van der Waals surface area contributed by atoms with E-state index in [-0.39, 0.29) is 11.9 Å². The van der Waals surface area contributed by atoms with Gasteiger partial charge < -0.3 is 10.5 Å². The third-order valence-electron chi connectivity index (χ3n) is 3.64. The summed E-state index contributed by atoms with van der Waals surface area (Å²) in [6.07, 6.45) is 2.58. The van der Waals surface area contributed by atoms with E-state index in [1.54, 1.807) is 6.07 Å². The molecule has 1 aromatic carbocycles. The molecular weight excluding hydrogens is 245 g/mol. The number of rotatable bonds is 3. The number of aryl methyl sites for hydroxylation is 2. The van der Waals surface area contributed by atoms with Crippen molar-refractivity contribution in [1.29, 1.82) is 0 Å². The normalized spacial score (nSPS) is 15.8. The number of ether oxygens (including phenoxy) is 1. The fourth-order valence-electron chi connectivity index (χ4n) is 2.85. The molecule has 0 fully saturated rings. The standard InChI is InChI=1S/C14H18FN3O/c1-8(16)7-18-11-6-12(19-2)14(15)9-4-3-5-10(17-18)13(9)11/h6,8H,3-5,7,16H2,1-2H3. The third-order valence-corrected chi connectivity index (χ3v) is 3.64. The lowest BCUT2D eigenvalue weighted by Crippen LogP contribution is -2.22. The predicted octanol–water partition coefficient (Wildman–Crippen LogP) is 2.02. The molecule has 0 bridgehead atoms. The lowest BCUT2D eigenvalue weighted by molar-refractivity contribution is 0.384. The first kappa shape index (κ1) is 12.4. The SMILES string of the molecule is COc1cc2c3c(nn2CC(C)N)CCCc3c1F. The monoisotopic (exact) mass is 263 g/mol. The van der Waals surface area contributed by atoms with Crippen molar-refractivity contribution in [3.05, 3.63) is 23.1 Å². The molecule has 19 heavy (non-hydrogen) atoms. The van der Waals surface area contributed by atoms with E-state index in [0.717, 1.165) is 41.4 Å². The van der Waals surface area contributed by atoms with Crippen LogP contribution < -0.4 is 10.5 Å². The Labute approximate surface area is 111 Å². The van der Waals surface area contributed by atoms with E-state index in [1.165, 1.54) is 7.11 Å². The minimum Gasteiger partial charge on any atom is -0.494 e. The Bertz CT molecular complexity index is 633. The van der Waals surface area contributed by atoms with Crippen LogP contribution in [0.25, 0.3) is 10.9 Å². The van der Waals surface area contributed by atoms with Crippen LogP contribution in [0.4, 0.5) is 4.39 Å². The minimum absolute atomic E-state index is 0.0104. The molecule has 0 saturated heterocycles. The molecular formula is C14H18FN3O. The van der Waals surface area contributed by atoms with Crippen molar-refractivity contribution < 1.29 is 9.13 Å². The van der Waals surface area contributed by atoms with Crippen LogP contribution in [-0.2, 0) is 19.4 Å². The van der Waals surface area contributed by atoms with Gasteiger partial charge in [-0.05, 0) is 26.2 Å². The number of methoxy groups -OCH3 is 1. The number of halogens is 1. The largest absolute Gasteiger partial charge is 0.494 e. The Kier molecular flexibility index (Phi) is 2.93. The summed E-state index contributed by atoms with van der Waals surface area (Å²) in [5, 5.41) is 5.55. The van der Waals surface area contributed by atoms with E-state index in [2.05, 4.69) is 5.10 Å². The van der Waals surface area contributed by atoms with Crippen LogP contribution in [0.2, 0.25) is 0 Å². The number of nitrogens with two attached hydrogens (primary N) is 1. The van der Waals surface area contributed by atoms with Crippen molar-refractivity contribution in [2.45, 2.75) is 38.8 Å². The third kappa shape index (κ3) is 1.89. The molecule has 1 unspecified atom stereocenters. The summed E-state index contributed by atoms with van der Waals surface area (Å²) >= 11 is 0. The van der Waals surface area contributed by atoms with Crippen LogP contribution in [0.3, 0.4) is 0 Å². The topological polar surface area (TPSA) is 53.1 Å². The van der Waals surface area contributed by atoms with Gasteiger partial charge in [0, 0.05) is 23.1 Å². The Morgan fingerprint density at radius 2 is 2.32 bits per heavy atom. The van der Waals surface area contributed by atoms with Gasteiger partial charge in [0.15, 0.2) is 11.6 Å². The average molecular weight is 263 g/mol. The maximum atomic E-state index is 14.3. The van der Waals surface area contributed by atoms with Crippen molar-refractivity contribution in [2.75, 3.05) is 7.11 Å². The summed E-state index contributed by atoms with van der Waals surface area (Å²) in [5.74, 6) is 0.0538. The van der Waals surface area contributed by atoms with Gasteiger partial charge in [0.05, 0.1) is 24.9 Å². The molecule has 1 aliphatic rings. The molecule has 3 rings (SSSR count). The molecule has 102 valence electrons. The zero-order valence-corrected chi connectivity index (χ0v) is 11.2. The highest BCUT2D eigenvalue weighted by atomic mass is 19.1. The summed E-state index contributed by atoms with van der Waals surface area (Å²) in [5.41, 5.74) is 8.51. The van der Waals surface area contributed by atoms with Gasteiger partial charge in [0.1, 0.15) is 0 Å². The molecule has 1 heterocycles. The number of nitrogens with zero attached hydrogens (tertiary/aromatic N) is 2. The molecule has 1 atom stereocenters. The second-order valence-electron chi connectivity index (χ2n) is 5.23. The van der Waals surface area contributed by atoms with Crippen LogP contribution in [0.15, 0.2) is 6.07 Å². The fourth-order valence-corrected chi connectivity index (χ4v) is 2.85. The number of aromatic nitrogens is 2. The molecule has 0 spiro atoms. The number of benzene rings is 1. The highest BCUT2D eigenvalue weighted by Crippen LogP contribution is 2.36. The van der Waals surface area contributed by atoms with Gasteiger partial charge in [-0.25, -0.2) is 4.39 Å². The Morgan fingerprint density at radius 3 is 3.00 bits per heavy atom. The fraction of sp³-hybridized carbons (Fsp3) is 0.500. The summed E-state index contributed by atoms with van der Waals surface area (Å²) in [6, 6.07) is 1.74. The van der Waals surface area contributed by atoms with Crippen molar-refractivity contribution in [3.8, 4) is 5.75 Å². The Morgan fingerprint density at radius 1 is 1.53 bits per heavy atom. The first-order valence-electron chi connectivity index (χ1n) is 6.62. The van der Waals surface area contributed by atoms with Gasteiger partial charge in [0.2, 0.25) is 0 Å². The quantitative estimate of drug-likeness (QED) is 0.921. The lowest BCUT2D eigenvalue weighted by Gasteiger charge is -2.14. The smallest absolute Gasteiger partial charge is 0.169 e. The molecule has 2 aromatic rings. The maximum Gasteiger partial charge on any atom is 0.169 e. The molecule has 2 N–H and O–H groups in total. The van der Waals surface area contributed by atoms with Crippen LogP contribution in [0.1, 0.15) is 24.6 Å². The lowest BCUT2D eigenvalue weighted by atomic mass is 9.94. The molecule has 1 aliphatic carbocycles. The van der Waals surface area contributed by atoms with Crippen molar-refractivity contribution in [2.24, 2.45) is 5.73 Å². The molecule has 0 radical (unpaired) electrons. The van der Waals surface area contributed by atoms with E-state index in [9.17, 15) is 4.39 Å². The van der Waals surface area contributed by atoms with Crippen LogP contribution in [-0.4, -0.2) is 22.9 Å². The van der Waals surface area contributed by atoms with Gasteiger partial charge in [-0.2, -0.15) is 5.10 Å². The van der Waals surface area contributed by atoms with Crippen LogP contribution >= 0.6 is 0 Å². The summed E-state index contributed by atoms with van der Waals surface area (Å²) in [7, 11) is 1.49. The molecule has 0 saturated carbocycles. The minimum atomic E-state index is -0.240. The molecule has 5 heteroatoms. The first-order chi connectivity index (χ1) is 9.11. The zero-order chi connectivity index (χ0) is 13.6. The van der Waals surface area contributed by atoms with Crippen molar-refractivity contribution in [3.63, 3.8) is 0 Å². The van der Waals surface area contributed by atoms with Crippen molar-refractivity contribution >= 4 is 10.9 Å². The van der Waals surface area contributed by atoms with Gasteiger partial charge >= 0.3 is 0 Å². The van der Waals surface area contributed by atoms with Crippen LogP contribution in [0.5, 0.6) is 5.75 Å². The second-order valence-corrected chi connectivity index (χ2v) is 5.23. The molecule has 1 aromatic heterocycles. The number of hydrogen-bond donors (Lipinski definition) is 1. The molecule has 0 aliphatic heterocycles. The van der Waals surface area contributed by atoms with E-state index in [1.807, 2.05) is 11.6 Å². The summed E-state index contributed by atoms with van der Waals surface area (Å²) < 4.78 is 21.3. The van der Waals surface area contributed by atoms with E-state index < -0.39 is 0 Å². The summed E-state index contributed by atoms with van der Waals surface area (Å²) in [4.78, 5) is 0. The van der Waals surface area contributed by atoms with Gasteiger partial charge in [0.25, 0.3) is 0 Å². The van der Waals surface area contributed by atoms with E-state index in [4.69, 9.17) is 10.5 Å². The highest BCUT2D eigenvalue weighted by Gasteiger charge is 2.24. The Balaban J connectivity index is 2.29. The van der Waals surface area contributed by atoms with E-state index in [0.29, 0.717) is 12.3 Å². The van der Waals surface area contributed by atoms with Gasteiger partial charge in [-0.3, -0.25) is 4.68 Å². The zero-order valence-electron chi connectivity index (χ0n) is 11.2. The summed E-state index contributed by atoms with van der Waals surface area (Å²) in [6.45, 7) is 2.57. The molecule has 4 nitrogen and oxygen atoms in total. The molecule has 0 amide bonds. The second kappa shape index (κ2) is 4.49. The van der Waals surface area contributed by atoms with Crippen LogP contribution in [0, 0.1) is 5.82 Å². The maximum absolute atomic E-state index is 14.3. The average Bonchev–Trinajstić information content (AvgIpc) is 2.71. The first-order valence-corrected chi connectivity index (χ1v) is 6.62. The van der Waals surface area contributed by atoms with E-state index >= 15 is 0 Å². The van der Waals surface area contributed by atoms with Crippen molar-refractivity contribution in [1.82, 2.24) is 9.78 Å². The predicted molar refractivity (Wildman–Crippen MR) is 71.9 cm³/mol. The Hall–Kier alpha value is -1.62. The number of hydrogen-bond acceptors (Lipinski definition) is 3.